The summed E-state index contributed by atoms with van der Waals surface area (Å²) in [5.41, 5.74) is 0. The Morgan fingerprint density at radius 2 is 0.859 bits per heavy atom. The van der Waals surface area contributed by atoms with E-state index in [2.05, 4.69) is 12.2 Å². The lowest BCUT2D eigenvalue weighted by Crippen LogP contribution is -2.50. The average Bonchev–Trinajstić information content (AvgIpc) is 1.66. The lowest BCUT2D eigenvalue weighted by molar-refractivity contribution is -0.154. The molecule has 0 radical (unpaired) electrons. The molecule has 8 saturated carbocycles. The van der Waals surface area contributed by atoms with Gasteiger partial charge >= 0.3 is 17.9 Å². The van der Waals surface area contributed by atoms with E-state index in [9.17, 15) is 14.4 Å². The Labute approximate surface area is 508 Å². The Morgan fingerprint density at radius 3 is 1.39 bits per heavy atom. The summed E-state index contributed by atoms with van der Waals surface area (Å²) in [7, 11) is 0. The Kier molecular flexibility index (Phi) is 18.5. The van der Waals surface area contributed by atoms with Crippen LogP contribution in [0.3, 0.4) is 0 Å². The second-order valence-electron chi connectivity index (χ2n) is 31.3. The van der Waals surface area contributed by atoms with Crippen molar-refractivity contribution in [2.45, 2.75) is 317 Å². The maximum absolute atomic E-state index is 11.4. The smallest absolute Gasteiger partial charge is 0.309 e. The maximum Gasteiger partial charge on any atom is 0.309 e. The van der Waals surface area contributed by atoms with Crippen molar-refractivity contribution >= 4 is 17.9 Å². The third-order valence-corrected chi connectivity index (χ3v) is 26.6. The molecule has 8 aliphatic carbocycles. The molecule has 13 nitrogen and oxygen atoms in total. The van der Waals surface area contributed by atoms with Crippen molar-refractivity contribution in [1.82, 2.24) is 0 Å². The van der Waals surface area contributed by atoms with Gasteiger partial charge in [-0.25, -0.2) is 0 Å². The number of esters is 3. The minimum absolute atomic E-state index is 0.0608. The van der Waals surface area contributed by atoms with E-state index < -0.39 is 0 Å². The van der Waals surface area contributed by atoms with E-state index >= 15 is 0 Å². The number of cyclic esters (lactones) is 1. The van der Waals surface area contributed by atoms with E-state index in [1.54, 1.807) is 0 Å². The molecule has 0 aromatic heterocycles. The minimum Gasteiger partial charge on any atom is -0.465 e. The van der Waals surface area contributed by atoms with Crippen LogP contribution in [0.2, 0.25) is 0 Å². The summed E-state index contributed by atoms with van der Waals surface area (Å²) < 4.78 is 54.5. The quantitative estimate of drug-likeness (QED) is 0.129. The SMILES string of the molecule is C1=CC2CCC1O2.C1CC2C3CCC(O3)C2C1.C1CC2CCC1O2.C1CC2CCCC(C1)O2.C1CC2OCCC2O1.C1CCC2CCC(C1)O2.O=C1CC2CC(O1)C1CCCC21.O=C1OC2CC3CC1C2C3.O=C1OCC2C1C1C3CCC(C3)C21. The van der Waals surface area contributed by atoms with Crippen LogP contribution in [0.15, 0.2) is 12.2 Å². The number of carbonyl (C=O) groups excluding carboxylic acids is 3. The molecule has 0 spiro atoms. The highest BCUT2D eigenvalue weighted by molar-refractivity contribution is 5.77. The van der Waals surface area contributed by atoms with Crippen molar-refractivity contribution in [3.8, 4) is 0 Å². The lowest BCUT2D eigenvalue weighted by Gasteiger charge is -2.48. The van der Waals surface area contributed by atoms with Crippen LogP contribution in [0, 0.1) is 82.9 Å². The Bertz CT molecular complexity index is 2180. The van der Waals surface area contributed by atoms with Crippen molar-refractivity contribution in [2.75, 3.05) is 19.8 Å². The summed E-state index contributed by atoms with van der Waals surface area (Å²) in [6, 6.07) is 0. The van der Waals surface area contributed by atoms with Crippen molar-refractivity contribution in [1.29, 1.82) is 0 Å². The Balaban J connectivity index is 0.0000000816. The van der Waals surface area contributed by atoms with Crippen molar-refractivity contribution in [3.63, 3.8) is 0 Å². The summed E-state index contributed by atoms with van der Waals surface area (Å²) in [4.78, 5) is 33.6. The maximum atomic E-state index is 11.4. The van der Waals surface area contributed by atoms with Crippen LogP contribution < -0.4 is 0 Å². The normalized spacial score (nSPS) is 50.8. The van der Waals surface area contributed by atoms with Gasteiger partial charge in [-0.05, 0) is 258 Å². The first-order valence-electron chi connectivity index (χ1n) is 36.5. The molecule has 0 aromatic carbocycles. The molecule has 16 bridgehead atoms. The monoisotopic (exact) mass is 1180 g/mol. The number of ether oxygens (including phenoxy) is 10. The molecule has 0 amide bonds. The highest BCUT2D eigenvalue weighted by Gasteiger charge is 2.67. The molecule has 15 heterocycles. The second kappa shape index (κ2) is 26.6. The highest BCUT2D eigenvalue weighted by atomic mass is 16.6. The van der Waals surface area contributed by atoms with E-state index in [4.69, 9.17) is 47.4 Å². The van der Waals surface area contributed by atoms with E-state index in [1.165, 1.54) is 199 Å². The van der Waals surface area contributed by atoms with Gasteiger partial charge in [0.25, 0.3) is 0 Å². The van der Waals surface area contributed by atoms with Gasteiger partial charge < -0.3 is 47.4 Å². The van der Waals surface area contributed by atoms with Gasteiger partial charge in [0.2, 0.25) is 0 Å². The molecular formula is C72H108O13. The van der Waals surface area contributed by atoms with Crippen LogP contribution in [0.1, 0.15) is 231 Å². The second-order valence-corrected chi connectivity index (χ2v) is 31.3. The van der Waals surface area contributed by atoms with Gasteiger partial charge in [-0.15, -0.1) is 0 Å². The molecule has 15 aliphatic heterocycles. The molecule has 474 valence electrons. The number of hydrogen-bond donors (Lipinski definition) is 0. The first kappa shape index (κ1) is 59.2. The van der Waals surface area contributed by atoms with Gasteiger partial charge in [-0.1, -0.05) is 37.8 Å². The topological polar surface area (TPSA) is 144 Å². The number of hydrogen-bond acceptors (Lipinski definition) is 13. The van der Waals surface area contributed by atoms with Crippen LogP contribution in [-0.4, -0.2) is 123 Å². The number of rotatable bonds is 0. The van der Waals surface area contributed by atoms with Gasteiger partial charge in [0.15, 0.2) is 0 Å². The number of fused-ring (bicyclic) bond motifs is 28. The minimum atomic E-state index is 0.0608. The van der Waals surface area contributed by atoms with E-state index in [1.807, 2.05) is 0 Å². The zero-order chi connectivity index (χ0) is 57.0. The number of carbonyl (C=O) groups is 3. The van der Waals surface area contributed by atoms with Gasteiger partial charge in [0.05, 0.1) is 91.7 Å². The molecule has 23 aliphatic rings. The predicted octanol–water partition coefficient (Wildman–Crippen LogP) is 13.3. The standard InChI is InChI=1S/C11H14O2.C10H14O2.C9H14O.C8H10O2.2C8H14O.C6H10O2.C6H10O.C6H8O/c12-11-10-7(4-13-11)8-5-1-2-6(3-5)9(8)10;11-10-5-6-4-9(12-10)8-3-1-2-7(6)8;1-2-6-7(3-1)9-5-4-8(6)10-9;9-8-6-2-4-1-5(6)7(3-4)10-8;1-3-7-5-2-6-8(4-1)9-7;1-2-4-8-6-5-7(3-1)9-8;1-3-7-6-2-4-8-5(1)6;2*1-2-6-4-3-5(1)7-6/h5-10H,1-4H2;6-9H,1-5H2;6-9H,1-5H2;4-7H,1-3H2;2*7-8H,1-6H2;5-6H,1-4H2;5-6H,1-4H2;1-2,5-6H,3-4H2. The van der Waals surface area contributed by atoms with Crippen molar-refractivity contribution in [2.24, 2.45) is 82.9 Å². The van der Waals surface area contributed by atoms with E-state index in [0.29, 0.717) is 121 Å². The molecule has 14 saturated heterocycles. The average molecular weight is 1180 g/mol. The Morgan fingerprint density at radius 1 is 0.341 bits per heavy atom. The van der Waals surface area contributed by atoms with Crippen LogP contribution >= 0.6 is 0 Å². The molecule has 13 heteroatoms. The van der Waals surface area contributed by atoms with Crippen LogP contribution in [-0.2, 0) is 61.8 Å². The van der Waals surface area contributed by atoms with Gasteiger partial charge in [0.1, 0.15) is 12.2 Å². The van der Waals surface area contributed by atoms with Crippen LogP contribution in [0.5, 0.6) is 0 Å². The fourth-order valence-corrected chi connectivity index (χ4v) is 22.6. The molecule has 85 heavy (non-hydrogen) atoms. The van der Waals surface area contributed by atoms with Gasteiger partial charge in [-0.3, -0.25) is 14.4 Å². The zero-order valence-corrected chi connectivity index (χ0v) is 51.7. The molecule has 0 N–H and O–H groups in total. The highest BCUT2D eigenvalue weighted by Crippen LogP contribution is 2.68. The molecule has 0 aromatic rings. The summed E-state index contributed by atoms with van der Waals surface area (Å²) >= 11 is 0. The zero-order valence-electron chi connectivity index (χ0n) is 51.7. The fourth-order valence-electron chi connectivity index (χ4n) is 22.6. The Hall–Kier alpha value is -2.13. The molecule has 24 atom stereocenters. The fraction of sp³-hybridized carbons (Fsp3) is 0.931. The van der Waals surface area contributed by atoms with Crippen molar-refractivity contribution in [3.05, 3.63) is 12.2 Å². The first-order valence-corrected chi connectivity index (χ1v) is 36.5. The van der Waals surface area contributed by atoms with Gasteiger partial charge in [0, 0.05) is 31.5 Å². The molecule has 22 fully saturated rings. The first-order chi connectivity index (χ1) is 41.8. The van der Waals surface area contributed by atoms with Crippen LogP contribution in [0.25, 0.3) is 0 Å². The molecule has 23 rings (SSSR count). The van der Waals surface area contributed by atoms with E-state index in [-0.39, 0.29) is 17.9 Å². The third-order valence-electron chi connectivity index (χ3n) is 26.6. The van der Waals surface area contributed by atoms with Crippen molar-refractivity contribution < 1.29 is 61.8 Å². The predicted molar refractivity (Wildman–Crippen MR) is 318 cm³/mol. The molecule has 24 unspecified atom stereocenters. The van der Waals surface area contributed by atoms with Crippen LogP contribution in [0.4, 0.5) is 0 Å². The summed E-state index contributed by atoms with van der Waals surface area (Å²) in [5, 5.41) is 0. The largest absolute Gasteiger partial charge is 0.465 e. The molecular weight excluding hydrogens is 1070 g/mol. The van der Waals surface area contributed by atoms with E-state index in [0.717, 1.165) is 98.8 Å². The summed E-state index contributed by atoms with van der Waals surface area (Å²) in [6.45, 7) is 2.57. The lowest BCUT2D eigenvalue weighted by atomic mass is 9.53. The summed E-state index contributed by atoms with van der Waals surface area (Å²) in [6.07, 6.45) is 59.4. The summed E-state index contributed by atoms with van der Waals surface area (Å²) in [5.74, 6) is 10.7. The third kappa shape index (κ3) is 12.9. The van der Waals surface area contributed by atoms with Gasteiger partial charge in [-0.2, -0.15) is 0 Å².